The summed E-state index contributed by atoms with van der Waals surface area (Å²) in [6.07, 6.45) is 1.76. The number of amides is 2. The highest BCUT2D eigenvalue weighted by atomic mass is 35.5. The number of sulfonamides is 1. The lowest BCUT2D eigenvalue weighted by atomic mass is 10.0. The Labute approximate surface area is 248 Å². The molecule has 0 saturated carbocycles. The highest BCUT2D eigenvalue weighted by Gasteiger charge is 2.30. The number of benzene rings is 3. The van der Waals surface area contributed by atoms with Crippen LogP contribution in [0.4, 0.5) is 5.69 Å². The summed E-state index contributed by atoms with van der Waals surface area (Å²) in [6, 6.07) is 22.9. The lowest BCUT2D eigenvalue weighted by Crippen LogP contribution is -2.50. The van der Waals surface area contributed by atoms with Crippen LogP contribution < -0.4 is 14.4 Å². The average molecular weight is 600 g/mol. The van der Waals surface area contributed by atoms with Crippen molar-refractivity contribution in [2.24, 2.45) is 0 Å². The standard InChI is InChI=1S/C31H38ClN3O5S/c1-4-33-31(37)28(22-24-12-7-6-8-13-24)34(23-25-17-19-26(32)20-18-25)30(36)16-11-21-35(41(3,38)39)27-14-9-10-15-29(27)40-5-2/h6-10,12-15,17-20,28H,4-5,11,16,21-23H2,1-3H3,(H,33,37)/t28-/m1/s1. The second kappa shape index (κ2) is 15.4. The topological polar surface area (TPSA) is 96.0 Å². The van der Waals surface area contributed by atoms with E-state index in [0.717, 1.165) is 17.4 Å². The van der Waals surface area contributed by atoms with Gasteiger partial charge in [0.25, 0.3) is 0 Å². The van der Waals surface area contributed by atoms with Crippen LogP contribution in [0.5, 0.6) is 5.75 Å². The van der Waals surface area contributed by atoms with Crippen molar-refractivity contribution < 1.29 is 22.7 Å². The van der Waals surface area contributed by atoms with E-state index < -0.39 is 16.1 Å². The van der Waals surface area contributed by atoms with Gasteiger partial charge in [0.2, 0.25) is 21.8 Å². The first-order chi connectivity index (χ1) is 19.6. The van der Waals surface area contributed by atoms with Crippen molar-refractivity contribution in [1.29, 1.82) is 0 Å². The van der Waals surface area contributed by atoms with Gasteiger partial charge in [0.05, 0.1) is 18.6 Å². The van der Waals surface area contributed by atoms with Gasteiger partial charge in [0, 0.05) is 37.5 Å². The predicted molar refractivity (Wildman–Crippen MR) is 164 cm³/mol. The van der Waals surface area contributed by atoms with E-state index in [1.807, 2.05) is 56.3 Å². The average Bonchev–Trinajstić information content (AvgIpc) is 2.94. The van der Waals surface area contributed by atoms with Gasteiger partial charge in [-0.05, 0) is 55.7 Å². The first-order valence-electron chi connectivity index (χ1n) is 13.7. The fraction of sp³-hybridized carbons (Fsp3) is 0.355. The highest BCUT2D eigenvalue weighted by molar-refractivity contribution is 7.92. The Morgan fingerprint density at radius 2 is 1.59 bits per heavy atom. The SMILES string of the molecule is CCNC(=O)[C@@H](Cc1ccccc1)N(Cc1ccc(Cl)cc1)C(=O)CCCN(c1ccccc1OCC)S(C)(=O)=O. The van der Waals surface area contributed by atoms with E-state index in [1.54, 1.807) is 41.3 Å². The summed E-state index contributed by atoms with van der Waals surface area (Å²) in [5, 5.41) is 3.45. The molecule has 0 radical (unpaired) electrons. The molecule has 0 saturated heterocycles. The monoisotopic (exact) mass is 599 g/mol. The first kappa shape index (κ1) is 32.0. The molecule has 0 aliphatic carbocycles. The van der Waals surface area contributed by atoms with E-state index in [9.17, 15) is 18.0 Å². The molecule has 10 heteroatoms. The van der Waals surface area contributed by atoms with Gasteiger partial charge in [-0.2, -0.15) is 0 Å². The van der Waals surface area contributed by atoms with Crippen molar-refractivity contribution >= 4 is 39.1 Å². The van der Waals surface area contributed by atoms with E-state index >= 15 is 0 Å². The fourth-order valence-electron chi connectivity index (χ4n) is 4.56. The number of hydrogen-bond acceptors (Lipinski definition) is 5. The number of anilines is 1. The van der Waals surface area contributed by atoms with Crippen molar-refractivity contribution in [2.75, 3.05) is 30.3 Å². The summed E-state index contributed by atoms with van der Waals surface area (Å²) in [5.41, 5.74) is 2.17. The molecule has 0 unspecified atom stereocenters. The summed E-state index contributed by atoms with van der Waals surface area (Å²) in [6.45, 7) is 4.76. The minimum Gasteiger partial charge on any atom is -0.492 e. The van der Waals surface area contributed by atoms with E-state index in [1.165, 1.54) is 4.31 Å². The lowest BCUT2D eigenvalue weighted by Gasteiger charge is -2.32. The Hall–Kier alpha value is -3.56. The Morgan fingerprint density at radius 3 is 2.22 bits per heavy atom. The molecule has 3 aromatic rings. The summed E-state index contributed by atoms with van der Waals surface area (Å²) < 4.78 is 32.4. The zero-order valence-electron chi connectivity index (χ0n) is 23.8. The largest absolute Gasteiger partial charge is 0.492 e. The van der Waals surface area contributed by atoms with Gasteiger partial charge < -0.3 is 15.0 Å². The third-order valence-corrected chi connectivity index (χ3v) is 7.91. The normalized spacial score (nSPS) is 11.9. The van der Waals surface area contributed by atoms with Crippen molar-refractivity contribution in [3.8, 4) is 5.75 Å². The number of carbonyl (C=O) groups is 2. The van der Waals surface area contributed by atoms with Crippen LogP contribution in [0.15, 0.2) is 78.9 Å². The number of ether oxygens (including phenoxy) is 1. The molecule has 220 valence electrons. The molecule has 0 heterocycles. The van der Waals surface area contributed by atoms with Crippen LogP contribution >= 0.6 is 11.6 Å². The second-order valence-electron chi connectivity index (χ2n) is 9.59. The molecule has 8 nitrogen and oxygen atoms in total. The molecule has 0 aliphatic rings. The predicted octanol–water partition coefficient (Wildman–Crippen LogP) is 5.06. The van der Waals surface area contributed by atoms with Gasteiger partial charge in [-0.15, -0.1) is 0 Å². The maximum Gasteiger partial charge on any atom is 0.243 e. The number of para-hydroxylation sites is 2. The van der Waals surface area contributed by atoms with E-state index in [-0.39, 0.29) is 37.7 Å². The molecule has 3 rings (SSSR count). The molecule has 0 fully saturated rings. The van der Waals surface area contributed by atoms with Crippen LogP contribution in [0.3, 0.4) is 0 Å². The summed E-state index contributed by atoms with van der Waals surface area (Å²) in [4.78, 5) is 28.7. The van der Waals surface area contributed by atoms with Gasteiger partial charge in [0.1, 0.15) is 11.8 Å². The van der Waals surface area contributed by atoms with Gasteiger partial charge >= 0.3 is 0 Å². The zero-order valence-corrected chi connectivity index (χ0v) is 25.3. The molecule has 2 amide bonds. The van der Waals surface area contributed by atoms with Crippen LogP contribution in [-0.4, -0.2) is 57.1 Å². The molecule has 1 N–H and O–H groups in total. The van der Waals surface area contributed by atoms with Crippen molar-refractivity contribution in [2.45, 2.75) is 45.7 Å². The van der Waals surface area contributed by atoms with Crippen LogP contribution in [0.1, 0.15) is 37.8 Å². The third kappa shape index (κ3) is 9.50. The maximum absolute atomic E-state index is 13.8. The summed E-state index contributed by atoms with van der Waals surface area (Å²) in [5.74, 6) is -0.0453. The fourth-order valence-corrected chi connectivity index (χ4v) is 5.65. The van der Waals surface area contributed by atoms with Crippen LogP contribution in [0, 0.1) is 0 Å². The third-order valence-electron chi connectivity index (χ3n) is 6.47. The molecule has 0 aromatic heterocycles. The minimum absolute atomic E-state index is 0.0428. The summed E-state index contributed by atoms with van der Waals surface area (Å²) in [7, 11) is -3.66. The van der Waals surface area contributed by atoms with E-state index in [2.05, 4.69) is 5.32 Å². The quantitative estimate of drug-likeness (QED) is 0.263. The number of carbonyl (C=O) groups excluding carboxylic acids is 2. The molecule has 41 heavy (non-hydrogen) atoms. The molecule has 0 spiro atoms. The molecular formula is C31H38ClN3O5S. The Bertz CT molecular complexity index is 1380. The number of nitrogens with zero attached hydrogens (tertiary/aromatic N) is 2. The van der Waals surface area contributed by atoms with Gasteiger partial charge in [-0.1, -0.05) is 66.2 Å². The van der Waals surface area contributed by atoms with E-state index in [0.29, 0.717) is 36.0 Å². The smallest absolute Gasteiger partial charge is 0.243 e. The van der Waals surface area contributed by atoms with Gasteiger partial charge in [-0.25, -0.2) is 8.42 Å². The van der Waals surface area contributed by atoms with Gasteiger partial charge in [0.15, 0.2) is 0 Å². The van der Waals surface area contributed by atoms with Crippen LogP contribution in [0.2, 0.25) is 5.02 Å². The zero-order chi connectivity index (χ0) is 29.8. The number of nitrogens with one attached hydrogen (secondary N) is 1. The molecule has 0 bridgehead atoms. The minimum atomic E-state index is -3.66. The van der Waals surface area contributed by atoms with Crippen LogP contribution in [-0.2, 0) is 32.6 Å². The van der Waals surface area contributed by atoms with Gasteiger partial charge in [-0.3, -0.25) is 13.9 Å². The molecule has 3 aromatic carbocycles. The number of hydrogen-bond donors (Lipinski definition) is 1. The number of halogens is 1. The van der Waals surface area contributed by atoms with Crippen molar-refractivity contribution in [1.82, 2.24) is 10.2 Å². The second-order valence-corrected chi connectivity index (χ2v) is 11.9. The molecule has 0 aliphatic heterocycles. The van der Waals surface area contributed by atoms with Crippen LogP contribution in [0.25, 0.3) is 0 Å². The molecule has 1 atom stereocenters. The Morgan fingerprint density at radius 1 is 0.927 bits per heavy atom. The number of rotatable bonds is 15. The summed E-state index contributed by atoms with van der Waals surface area (Å²) >= 11 is 6.08. The van der Waals surface area contributed by atoms with E-state index in [4.69, 9.17) is 16.3 Å². The first-order valence-corrected chi connectivity index (χ1v) is 15.9. The molecular weight excluding hydrogens is 562 g/mol. The Balaban J connectivity index is 1.87. The maximum atomic E-state index is 13.8. The number of likely N-dealkylation sites (N-methyl/N-ethyl adjacent to an activating group) is 1. The lowest BCUT2D eigenvalue weighted by molar-refractivity contribution is -0.141. The van der Waals surface area contributed by atoms with Crippen molar-refractivity contribution in [3.63, 3.8) is 0 Å². The van der Waals surface area contributed by atoms with Crippen molar-refractivity contribution in [3.05, 3.63) is 95.0 Å². The highest BCUT2D eigenvalue weighted by Crippen LogP contribution is 2.30. The Kier molecular flexibility index (Phi) is 12.0.